The van der Waals surface area contributed by atoms with Gasteiger partial charge in [-0.05, 0) is 24.3 Å². The Morgan fingerprint density at radius 2 is 1.89 bits per heavy atom. The smallest absolute Gasteiger partial charge is 0.360 e. The van der Waals surface area contributed by atoms with E-state index >= 15 is 0 Å². The predicted molar refractivity (Wildman–Crippen MR) is 92.9 cm³/mol. The molecule has 2 aromatic rings. The Kier molecular flexibility index (Phi) is 5.50. The second-order valence-corrected chi connectivity index (χ2v) is 7.87. The Bertz CT molecular complexity index is 956. The van der Waals surface area contributed by atoms with Crippen molar-refractivity contribution >= 4 is 16.0 Å². The van der Waals surface area contributed by atoms with Crippen molar-refractivity contribution in [1.82, 2.24) is 24.2 Å². The maximum atomic E-state index is 12.7. The number of hydrogen-bond acceptors (Lipinski definition) is 8. The lowest BCUT2D eigenvalue weighted by molar-refractivity contribution is 0.0593. The predicted octanol–water partition coefficient (Wildman–Crippen LogP) is -0.0996. The van der Waals surface area contributed by atoms with E-state index in [-0.39, 0.29) is 10.6 Å². The van der Waals surface area contributed by atoms with Gasteiger partial charge in [0.15, 0.2) is 5.69 Å². The normalized spacial score (nSPS) is 16.0. The van der Waals surface area contributed by atoms with Crippen LogP contribution in [0, 0.1) is 11.3 Å². The summed E-state index contributed by atoms with van der Waals surface area (Å²) in [4.78, 5) is 13.6. The molecule has 0 atom stereocenters. The van der Waals surface area contributed by atoms with Crippen molar-refractivity contribution in [2.75, 3.05) is 33.3 Å². The van der Waals surface area contributed by atoms with Gasteiger partial charge in [0.25, 0.3) is 0 Å². The van der Waals surface area contributed by atoms with Crippen LogP contribution in [0.2, 0.25) is 0 Å². The average Bonchev–Trinajstić information content (AvgIpc) is 3.16. The van der Waals surface area contributed by atoms with Crippen LogP contribution in [0.1, 0.15) is 16.1 Å². The monoisotopic (exact) mass is 390 g/mol. The maximum absolute atomic E-state index is 12.7. The Hall–Kier alpha value is -2.81. The van der Waals surface area contributed by atoms with E-state index in [1.165, 1.54) is 46.6 Å². The van der Waals surface area contributed by atoms with Crippen molar-refractivity contribution in [2.45, 2.75) is 11.6 Å². The molecule has 0 bridgehead atoms. The summed E-state index contributed by atoms with van der Waals surface area (Å²) >= 11 is 0. The molecule has 0 saturated carbocycles. The number of sulfonamides is 1. The van der Waals surface area contributed by atoms with Crippen LogP contribution in [0.3, 0.4) is 0 Å². The van der Waals surface area contributed by atoms with E-state index in [1.807, 2.05) is 11.0 Å². The summed E-state index contributed by atoms with van der Waals surface area (Å²) in [6.45, 7) is 2.10. The third kappa shape index (κ3) is 4.13. The Balaban J connectivity index is 1.60. The third-order valence-electron chi connectivity index (χ3n) is 4.23. The number of benzene rings is 1. The van der Waals surface area contributed by atoms with E-state index in [2.05, 4.69) is 15.0 Å². The zero-order valence-corrected chi connectivity index (χ0v) is 15.5. The summed E-state index contributed by atoms with van der Waals surface area (Å²) in [5, 5.41) is 16.4. The lowest BCUT2D eigenvalue weighted by Crippen LogP contribution is -2.48. The largest absolute Gasteiger partial charge is 0.464 e. The molecule has 11 heteroatoms. The van der Waals surface area contributed by atoms with Gasteiger partial charge in [-0.25, -0.2) is 17.9 Å². The van der Waals surface area contributed by atoms with E-state index in [0.717, 1.165) is 0 Å². The first-order valence-electron chi connectivity index (χ1n) is 8.15. The van der Waals surface area contributed by atoms with Crippen LogP contribution in [0.5, 0.6) is 0 Å². The summed E-state index contributed by atoms with van der Waals surface area (Å²) in [6.07, 6.45) is 1.49. The van der Waals surface area contributed by atoms with Gasteiger partial charge < -0.3 is 4.74 Å². The fourth-order valence-corrected chi connectivity index (χ4v) is 4.15. The number of ether oxygens (including phenoxy) is 1. The molecule has 1 aliphatic rings. The molecule has 1 aromatic carbocycles. The molecule has 0 aliphatic carbocycles. The van der Waals surface area contributed by atoms with Gasteiger partial charge in [-0.15, -0.1) is 5.10 Å². The van der Waals surface area contributed by atoms with E-state index in [1.54, 1.807) is 0 Å². The van der Waals surface area contributed by atoms with Crippen molar-refractivity contribution in [3.8, 4) is 6.07 Å². The van der Waals surface area contributed by atoms with E-state index < -0.39 is 16.0 Å². The summed E-state index contributed by atoms with van der Waals surface area (Å²) in [6, 6.07) is 7.85. The zero-order valence-electron chi connectivity index (χ0n) is 14.6. The molecule has 3 rings (SSSR count). The SMILES string of the molecule is COC(=O)c1cn(CN2CCN(S(=O)(=O)c3ccc(C#N)cc3)CC2)nn1. The number of aromatic nitrogens is 3. The number of nitriles is 1. The van der Waals surface area contributed by atoms with E-state index in [0.29, 0.717) is 38.4 Å². The Labute approximate surface area is 156 Å². The molecule has 1 aliphatic heterocycles. The van der Waals surface area contributed by atoms with Crippen LogP contribution in [-0.2, 0) is 21.4 Å². The number of carbonyl (C=O) groups is 1. The molecule has 0 amide bonds. The molecule has 0 radical (unpaired) electrons. The minimum absolute atomic E-state index is 0.125. The van der Waals surface area contributed by atoms with Gasteiger partial charge in [0.05, 0.1) is 36.5 Å². The molecule has 1 aromatic heterocycles. The standard InChI is InChI=1S/C16H18N6O4S/c1-26-16(23)15-11-21(19-18-15)12-20-6-8-22(9-7-20)27(24,25)14-4-2-13(10-17)3-5-14/h2-5,11H,6-9,12H2,1H3. The topological polar surface area (TPSA) is 121 Å². The highest BCUT2D eigenvalue weighted by Gasteiger charge is 2.28. The molecule has 2 heterocycles. The van der Waals surface area contributed by atoms with Crippen molar-refractivity contribution < 1.29 is 17.9 Å². The summed E-state index contributed by atoms with van der Waals surface area (Å²) in [7, 11) is -2.32. The number of piperazine rings is 1. The number of carbonyl (C=O) groups excluding carboxylic acids is 1. The highest BCUT2D eigenvalue weighted by atomic mass is 32.2. The lowest BCUT2D eigenvalue weighted by atomic mass is 10.2. The number of nitrogens with zero attached hydrogens (tertiary/aromatic N) is 6. The van der Waals surface area contributed by atoms with Crippen molar-refractivity contribution in [3.63, 3.8) is 0 Å². The van der Waals surface area contributed by atoms with E-state index in [4.69, 9.17) is 5.26 Å². The van der Waals surface area contributed by atoms with E-state index in [9.17, 15) is 13.2 Å². The Morgan fingerprint density at radius 1 is 1.22 bits per heavy atom. The van der Waals surface area contributed by atoms with Crippen molar-refractivity contribution in [3.05, 3.63) is 41.7 Å². The number of hydrogen-bond donors (Lipinski definition) is 0. The minimum Gasteiger partial charge on any atom is -0.464 e. The van der Waals surface area contributed by atoms with Gasteiger partial charge in [-0.3, -0.25) is 4.90 Å². The van der Waals surface area contributed by atoms with Crippen LogP contribution >= 0.6 is 0 Å². The highest BCUT2D eigenvalue weighted by Crippen LogP contribution is 2.18. The van der Waals surface area contributed by atoms with Crippen LogP contribution in [0.25, 0.3) is 0 Å². The molecular formula is C16H18N6O4S. The quantitative estimate of drug-likeness (QED) is 0.649. The highest BCUT2D eigenvalue weighted by molar-refractivity contribution is 7.89. The molecule has 142 valence electrons. The first-order valence-corrected chi connectivity index (χ1v) is 9.59. The third-order valence-corrected chi connectivity index (χ3v) is 6.14. The van der Waals surface area contributed by atoms with Gasteiger partial charge in [0.1, 0.15) is 0 Å². The molecule has 0 N–H and O–H groups in total. The van der Waals surface area contributed by atoms with Crippen LogP contribution in [0.15, 0.2) is 35.4 Å². The second-order valence-electron chi connectivity index (χ2n) is 5.93. The van der Waals surface area contributed by atoms with Crippen molar-refractivity contribution in [2.24, 2.45) is 0 Å². The first-order chi connectivity index (χ1) is 12.9. The van der Waals surface area contributed by atoms with Gasteiger partial charge in [0.2, 0.25) is 10.0 Å². The average molecular weight is 390 g/mol. The fourth-order valence-electron chi connectivity index (χ4n) is 2.73. The number of rotatable bonds is 5. The van der Waals surface area contributed by atoms with Gasteiger partial charge in [-0.1, -0.05) is 5.21 Å². The summed E-state index contributed by atoms with van der Waals surface area (Å²) in [5.74, 6) is -0.556. The van der Waals surface area contributed by atoms with Crippen molar-refractivity contribution in [1.29, 1.82) is 5.26 Å². The second kappa shape index (κ2) is 7.83. The number of methoxy groups -OCH3 is 1. The van der Waals surface area contributed by atoms with Crippen LogP contribution in [-0.4, -0.2) is 71.9 Å². The molecule has 1 saturated heterocycles. The Morgan fingerprint density at radius 3 is 2.48 bits per heavy atom. The van der Waals surface area contributed by atoms with Gasteiger partial charge in [0, 0.05) is 26.2 Å². The summed E-state index contributed by atoms with van der Waals surface area (Å²) in [5.41, 5.74) is 0.539. The van der Waals surface area contributed by atoms with Crippen LogP contribution < -0.4 is 0 Å². The fraction of sp³-hybridized carbons (Fsp3) is 0.375. The summed E-state index contributed by atoms with van der Waals surface area (Å²) < 4.78 is 32.9. The minimum atomic E-state index is -3.59. The zero-order chi connectivity index (χ0) is 19.4. The molecule has 0 spiro atoms. The molecule has 1 fully saturated rings. The maximum Gasteiger partial charge on any atom is 0.360 e. The number of esters is 1. The van der Waals surface area contributed by atoms with Gasteiger partial charge >= 0.3 is 5.97 Å². The molecular weight excluding hydrogens is 372 g/mol. The first kappa shape index (κ1) is 19.0. The molecule has 10 nitrogen and oxygen atoms in total. The molecule has 0 unspecified atom stereocenters. The lowest BCUT2D eigenvalue weighted by Gasteiger charge is -2.33. The van der Waals surface area contributed by atoms with Gasteiger partial charge in [-0.2, -0.15) is 9.57 Å². The molecule has 27 heavy (non-hydrogen) atoms. The van der Waals surface area contributed by atoms with Crippen LogP contribution in [0.4, 0.5) is 0 Å².